The lowest BCUT2D eigenvalue weighted by Gasteiger charge is -2.23. The molecular formula is C12H19N3S2. The van der Waals surface area contributed by atoms with Crippen molar-refractivity contribution in [3.8, 4) is 0 Å². The summed E-state index contributed by atoms with van der Waals surface area (Å²) in [5, 5.41) is 4.32. The number of hydrogen-bond acceptors (Lipinski definition) is 5. The fraction of sp³-hybridized carbons (Fsp3) is 0.667. The first-order valence-electron chi connectivity index (χ1n) is 5.97. The third kappa shape index (κ3) is 3.86. The molecule has 0 aliphatic carbocycles. The van der Waals surface area contributed by atoms with Crippen molar-refractivity contribution in [1.29, 1.82) is 0 Å². The van der Waals surface area contributed by atoms with Gasteiger partial charge in [-0.3, -0.25) is 9.97 Å². The Bertz CT molecular complexity index is 353. The third-order valence-electron chi connectivity index (χ3n) is 2.87. The van der Waals surface area contributed by atoms with Crippen LogP contribution in [0.25, 0.3) is 0 Å². The first-order valence-corrected chi connectivity index (χ1v) is 8.18. The minimum atomic E-state index is 0.288. The van der Waals surface area contributed by atoms with Gasteiger partial charge in [0.05, 0.1) is 11.4 Å². The molecule has 1 aliphatic heterocycles. The SMILES string of the molecule is Cc1nccnc1C(C)NCC1CSCCS1. The predicted octanol–water partition coefficient (Wildman–Crippen LogP) is 2.28. The zero-order chi connectivity index (χ0) is 12.1. The molecule has 1 saturated heterocycles. The van der Waals surface area contributed by atoms with Crippen LogP contribution >= 0.6 is 23.5 Å². The lowest BCUT2D eigenvalue weighted by Crippen LogP contribution is -2.31. The first kappa shape index (κ1) is 13.2. The second kappa shape index (κ2) is 6.61. The van der Waals surface area contributed by atoms with Gasteiger partial charge in [0, 0.05) is 47.5 Å². The van der Waals surface area contributed by atoms with Crippen molar-refractivity contribution in [2.24, 2.45) is 0 Å². The Morgan fingerprint density at radius 1 is 1.41 bits per heavy atom. The molecule has 1 aliphatic rings. The fourth-order valence-electron chi connectivity index (χ4n) is 1.90. The van der Waals surface area contributed by atoms with Crippen molar-refractivity contribution in [2.75, 3.05) is 23.8 Å². The Hall–Kier alpha value is -0.260. The summed E-state index contributed by atoms with van der Waals surface area (Å²) in [6.45, 7) is 5.25. The minimum absolute atomic E-state index is 0.288. The molecule has 0 saturated carbocycles. The third-order valence-corrected chi connectivity index (χ3v) is 5.71. The number of thioether (sulfide) groups is 2. The van der Waals surface area contributed by atoms with E-state index in [4.69, 9.17) is 0 Å². The molecule has 3 nitrogen and oxygen atoms in total. The summed E-state index contributed by atoms with van der Waals surface area (Å²) in [6.07, 6.45) is 3.52. The van der Waals surface area contributed by atoms with Crippen LogP contribution in [-0.2, 0) is 0 Å². The van der Waals surface area contributed by atoms with Crippen molar-refractivity contribution in [3.63, 3.8) is 0 Å². The molecule has 1 N–H and O–H groups in total. The molecule has 1 aromatic rings. The number of nitrogens with one attached hydrogen (secondary N) is 1. The van der Waals surface area contributed by atoms with Gasteiger partial charge in [0.2, 0.25) is 0 Å². The Balaban J connectivity index is 1.84. The van der Waals surface area contributed by atoms with E-state index in [9.17, 15) is 0 Å². The number of rotatable bonds is 4. The summed E-state index contributed by atoms with van der Waals surface area (Å²) < 4.78 is 0. The van der Waals surface area contributed by atoms with Gasteiger partial charge in [0.25, 0.3) is 0 Å². The molecule has 1 fully saturated rings. The maximum Gasteiger partial charge on any atom is 0.0782 e. The van der Waals surface area contributed by atoms with Gasteiger partial charge in [0.1, 0.15) is 0 Å². The van der Waals surface area contributed by atoms with Gasteiger partial charge in [-0.05, 0) is 13.8 Å². The molecule has 0 amide bonds. The van der Waals surface area contributed by atoms with Gasteiger partial charge in [-0.15, -0.1) is 0 Å². The molecule has 0 bridgehead atoms. The molecule has 17 heavy (non-hydrogen) atoms. The molecule has 94 valence electrons. The van der Waals surface area contributed by atoms with Gasteiger partial charge in [-0.2, -0.15) is 23.5 Å². The van der Waals surface area contributed by atoms with E-state index >= 15 is 0 Å². The molecule has 1 aromatic heterocycles. The second-order valence-corrected chi connectivity index (χ2v) is 6.78. The van der Waals surface area contributed by atoms with Gasteiger partial charge in [0.15, 0.2) is 0 Å². The van der Waals surface area contributed by atoms with E-state index in [0.717, 1.165) is 23.2 Å². The lowest BCUT2D eigenvalue weighted by molar-refractivity contribution is 0.558. The standard InChI is InChI=1S/C12H19N3S2/c1-9-12(14-4-3-13-9)10(2)15-7-11-8-16-5-6-17-11/h3-4,10-11,15H,5-8H2,1-2H3. The van der Waals surface area contributed by atoms with E-state index in [1.165, 1.54) is 17.3 Å². The molecule has 2 unspecified atom stereocenters. The average molecular weight is 269 g/mol. The quantitative estimate of drug-likeness (QED) is 0.908. The van der Waals surface area contributed by atoms with Crippen LogP contribution in [0.3, 0.4) is 0 Å². The van der Waals surface area contributed by atoms with Crippen LogP contribution in [0, 0.1) is 6.92 Å². The highest BCUT2D eigenvalue weighted by Gasteiger charge is 2.16. The molecule has 2 atom stereocenters. The Kier molecular flexibility index (Phi) is 5.13. The Morgan fingerprint density at radius 3 is 2.94 bits per heavy atom. The van der Waals surface area contributed by atoms with Crippen molar-refractivity contribution in [3.05, 3.63) is 23.8 Å². The molecule has 2 rings (SSSR count). The highest BCUT2D eigenvalue weighted by molar-refractivity contribution is 8.06. The van der Waals surface area contributed by atoms with Crippen LogP contribution in [0.2, 0.25) is 0 Å². The molecule has 5 heteroatoms. The monoisotopic (exact) mass is 269 g/mol. The largest absolute Gasteiger partial charge is 0.308 e. The van der Waals surface area contributed by atoms with Gasteiger partial charge < -0.3 is 5.32 Å². The summed E-state index contributed by atoms with van der Waals surface area (Å²) in [5.74, 6) is 3.86. The molecular weight excluding hydrogens is 250 g/mol. The molecule has 0 radical (unpaired) electrons. The normalized spacial score (nSPS) is 22.4. The van der Waals surface area contributed by atoms with E-state index < -0.39 is 0 Å². The van der Waals surface area contributed by atoms with Crippen LogP contribution in [0.1, 0.15) is 24.4 Å². The van der Waals surface area contributed by atoms with Crippen LogP contribution in [-0.4, -0.2) is 39.0 Å². The summed E-state index contributed by atoms with van der Waals surface area (Å²) in [7, 11) is 0. The number of nitrogens with zero attached hydrogens (tertiary/aromatic N) is 2. The topological polar surface area (TPSA) is 37.8 Å². The van der Waals surface area contributed by atoms with Crippen molar-refractivity contribution in [1.82, 2.24) is 15.3 Å². The van der Waals surface area contributed by atoms with Crippen LogP contribution < -0.4 is 5.32 Å². The molecule has 0 spiro atoms. The maximum absolute atomic E-state index is 4.40. The Labute approximate surface area is 112 Å². The average Bonchev–Trinajstić information content (AvgIpc) is 2.38. The van der Waals surface area contributed by atoms with Crippen LogP contribution in [0.4, 0.5) is 0 Å². The summed E-state index contributed by atoms with van der Waals surface area (Å²) in [5.41, 5.74) is 2.10. The van der Waals surface area contributed by atoms with Crippen molar-refractivity contribution >= 4 is 23.5 Å². The van der Waals surface area contributed by atoms with Gasteiger partial charge in [-0.25, -0.2) is 0 Å². The zero-order valence-corrected chi connectivity index (χ0v) is 12.0. The highest BCUT2D eigenvalue weighted by atomic mass is 32.2. The van der Waals surface area contributed by atoms with E-state index in [2.05, 4.69) is 45.7 Å². The molecule has 2 heterocycles. The zero-order valence-electron chi connectivity index (χ0n) is 10.3. The van der Waals surface area contributed by atoms with Crippen LogP contribution in [0.15, 0.2) is 12.4 Å². The lowest BCUT2D eigenvalue weighted by atomic mass is 10.2. The summed E-state index contributed by atoms with van der Waals surface area (Å²) in [6, 6.07) is 0.288. The number of aryl methyl sites for hydroxylation is 1. The van der Waals surface area contributed by atoms with E-state index in [1.807, 2.05) is 6.92 Å². The van der Waals surface area contributed by atoms with E-state index in [-0.39, 0.29) is 6.04 Å². The van der Waals surface area contributed by atoms with E-state index in [1.54, 1.807) is 12.4 Å². The minimum Gasteiger partial charge on any atom is -0.308 e. The van der Waals surface area contributed by atoms with Crippen molar-refractivity contribution in [2.45, 2.75) is 25.1 Å². The van der Waals surface area contributed by atoms with Gasteiger partial charge >= 0.3 is 0 Å². The summed E-state index contributed by atoms with van der Waals surface area (Å²) in [4.78, 5) is 8.69. The smallest absolute Gasteiger partial charge is 0.0782 e. The van der Waals surface area contributed by atoms with E-state index in [0.29, 0.717) is 0 Å². The second-order valence-electron chi connectivity index (χ2n) is 4.22. The fourth-order valence-corrected chi connectivity index (χ4v) is 4.53. The number of aromatic nitrogens is 2. The highest BCUT2D eigenvalue weighted by Crippen LogP contribution is 2.24. The van der Waals surface area contributed by atoms with Crippen molar-refractivity contribution < 1.29 is 0 Å². The molecule has 0 aromatic carbocycles. The first-order chi connectivity index (χ1) is 8.27. The summed E-state index contributed by atoms with van der Waals surface area (Å²) >= 11 is 4.15. The Morgan fingerprint density at radius 2 is 2.24 bits per heavy atom. The van der Waals surface area contributed by atoms with Crippen LogP contribution in [0.5, 0.6) is 0 Å². The maximum atomic E-state index is 4.40. The predicted molar refractivity (Wildman–Crippen MR) is 76.8 cm³/mol. The van der Waals surface area contributed by atoms with Gasteiger partial charge in [-0.1, -0.05) is 0 Å². The number of hydrogen-bond donors (Lipinski definition) is 1.